The van der Waals surface area contributed by atoms with Crippen molar-refractivity contribution in [2.45, 2.75) is 50.2 Å². The molecule has 1 radical (unpaired) electrons. The molecule has 2 amide bonds. The van der Waals surface area contributed by atoms with Gasteiger partial charge >= 0.3 is 17.1 Å². The largest absolute Gasteiger partial charge is 2.00 e. The summed E-state index contributed by atoms with van der Waals surface area (Å²) in [5.41, 5.74) is 6.47. The predicted molar refractivity (Wildman–Crippen MR) is 142 cm³/mol. The summed E-state index contributed by atoms with van der Waals surface area (Å²) in [6.07, 6.45) is 0.148. The fourth-order valence-electron chi connectivity index (χ4n) is 4.73. The molecule has 2 aromatic heterocycles. The monoisotopic (exact) mass is 611 g/mol. The number of anilines is 1. The summed E-state index contributed by atoms with van der Waals surface area (Å²) in [4.78, 5) is 39.5. The van der Waals surface area contributed by atoms with E-state index in [9.17, 15) is 19.8 Å². The Bertz CT molecular complexity index is 1080. The minimum Gasteiger partial charge on any atom is -0.387 e. The average molecular weight is 612 g/mol. The van der Waals surface area contributed by atoms with Crippen LogP contribution in [0.4, 0.5) is 5.82 Å². The number of ether oxygens (including phenoxy) is 1. The van der Waals surface area contributed by atoms with Crippen molar-refractivity contribution in [1.82, 2.24) is 45.7 Å². The molecule has 8 N–H and O–H groups in total. The van der Waals surface area contributed by atoms with Crippen LogP contribution >= 0.6 is 0 Å². The van der Waals surface area contributed by atoms with E-state index in [1.807, 2.05) is 4.90 Å². The summed E-state index contributed by atoms with van der Waals surface area (Å²) in [5.74, 6) is -0.208. The van der Waals surface area contributed by atoms with Crippen LogP contribution in [0.2, 0.25) is 0 Å². The van der Waals surface area contributed by atoms with Gasteiger partial charge < -0.3 is 46.9 Å². The molecule has 0 spiro atoms. The number of nitrogens with zero attached hydrogens (tertiary/aromatic N) is 5. The van der Waals surface area contributed by atoms with Crippen LogP contribution < -0.4 is 27.0 Å². The number of hydrogen-bond acceptors (Lipinski definition) is 12. The van der Waals surface area contributed by atoms with E-state index in [0.29, 0.717) is 43.6 Å². The number of unbranched alkanes of at least 4 members (excludes halogenated alkanes) is 2. The zero-order valence-corrected chi connectivity index (χ0v) is 23.3. The van der Waals surface area contributed by atoms with Crippen LogP contribution in [0.3, 0.4) is 0 Å². The van der Waals surface area contributed by atoms with Gasteiger partial charge in [-0.3, -0.25) is 14.2 Å². The summed E-state index contributed by atoms with van der Waals surface area (Å²) in [5, 5.41) is 33.8. The topological polar surface area (TPSA) is 205 Å². The number of nitrogens with one attached hydrogen (secondary N) is 4. The minimum atomic E-state index is -1.43. The van der Waals surface area contributed by atoms with Gasteiger partial charge in [-0.15, -0.1) is 0 Å². The molecule has 2 saturated heterocycles. The standard InChI is InChI=1S/C24H40N10O5.Cu/c25-21-17-22(31-14-30-21)34(15-32-17)24-19(37)18(36)20(39-24)23(38)29-5-3-1-2-4-16(35)33-12-10-27-8-6-26-7-9-28-11-13-33;/h14-15,18-20,24,26-28,36-37H,1-13H2,(H,29,38)(H2,25,30,31);/q;+2/t18-,19+,20-,24+;/m0./s1. The number of carbonyl (C=O) groups excluding carboxylic acids is 2. The van der Waals surface area contributed by atoms with Crippen molar-refractivity contribution in [2.75, 3.05) is 64.6 Å². The van der Waals surface area contributed by atoms with E-state index in [1.54, 1.807) is 0 Å². The van der Waals surface area contributed by atoms with Crippen LogP contribution in [0, 0.1) is 0 Å². The molecule has 0 bridgehead atoms. The number of amides is 2. The number of rotatable bonds is 8. The molecule has 2 fully saturated rings. The second kappa shape index (κ2) is 16.1. The molecule has 4 atom stereocenters. The van der Waals surface area contributed by atoms with Gasteiger partial charge in [0, 0.05) is 65.3 Å². The molecule has 2 aliphatic rings. The molecular formula is C24H40CuN10O5+2. The first-order valence-corrected chi connectivity index (χ1v) is 13.6. The average Bonchev–Trinajstić information content (AvgIpc) is 3.48. The number of aliphatic hydroxyl groups excluding tert-OH is 2. The van der Waals surface area contributed by atoms with Gasteiger partial charge in [0.15, 0.2) is 23.8 Å². The first-order chi connectivity index (χ1) is 19.0. The minimum absolute atomic E-state index is 0. The smallest absolute Gasteiger partial charge is 0.387 e. The van der Waals surface area contributed by atoms with Crippen molar-refractivity contribution in [2.24, 2.45) is 0 Å². The maximum atomic E-state index is 12.7. The molecule has 4 rings (SSSR count). The molecule has 15 nitrogen and oxygen atoms in total. The third-order valence-corrected chi connectivity index (χ3v) is 6.95. The van der Waals surface area contributed by atoms with Gasteiger partial charge in [0.2, 0.25) is 5.91 Å². The number of aliphatic hydroxyl groups is 2. The summed E-state index contributed by atoms with van der Waals surface area (Å²) >= 11 is 0. The SMILES string of the molecule is Nc1ncnc2c1ncn2[C@@H]1O[C@H](C(=O)NCCCCCC(=O)N2CCNCCNCCNCC2)[C@@H](O)[C@H]1O.[Cu+2]. The van der Waals surface area contributed by atoms with Crippen molar-refractivity contribution in [3.63, 3.8) is 0 Å². The Hall–Kier alpha value is -2.43. The van der Waals surface area contributed by atoms with Crippen LogP contribution in [0.1, 0.15) is 31.9 Å². The van der Waals surface area contributed by atoms with Crippen LogP contribution in [-0.2, 0) is 31.4 Å². The van der Waals surface area contributed by atoms with Gasteiger partial charge in [0.1, 0.15) is 24.1 Å². The molecule has 16 heteroatoms. The Morgan fingerprint density at radius 1 is 0.975 bits per heavy atom. The van der Waals surface area contributed by atoms with E-state index in [2.05, 4.69) is 36.2 Å². The van der Waals surface area contributed by atoms with Gasteiger partial charge in [-0.1, -0.05) is 6.42 Å². The maximum absolute atomic E-state index is 12.7. The molecule has 4 heterocycles. The molecular weight excluding hydrogens is 572 g/mol. The summed E-state index contributed by atoms with van der Waals surface area (Å²) < 4.78 is 7.14. The van der Waals surface area contributed by atoms with Crippen molar-refractivity contribution in [1.29, 1.82) is 0 Å². The quantitative estimate of drug-likeness (QED) is 0.120. The Kier molecular flexibility index (Phi) is 12.9. The Labute approximate surface area is 243 Å². The molecule has 2 aromatic rings. The number of fused-ring (bicyclic) bond motifs is 1. The van der Waals surface area contributed by atoms with Gasteiger partial charge in [-0.25, -0.2) is 15.0 Å². The normalized spacial score (nSPS) is 24.6. The zero-order valence-electron chi connectivity index (χ0n) is 22.4. The zero-order chi connectivity index (χ0) is 27.6. The second-order valence-corrected chi connectivity index (χ2v) is 9.74. The van der Waals surface area contributed by atoms with Gasteiger partial charge in [-0.2, -0.15) is 0 Å². The molecule has 225 valence electrons. The van der Waals surface area contributed by atoms with Gasteiger partial charge in [-0.05, 0) is 12.8 Å². The Morgan fingerprint density at radius 2 is 1.65 bits per heavy atom. The van der Waals surface area contributed by atoms with E-state index in [1.165, 1.54) is 17.2 Å². The molecule has 2 aliphatic heterocycles. The molecule has 0 aromatic carbocycles. The maximum Gasteiger partial charge on any atom is 2.00 e. The number of nitrogens with two attached hydrogens (primary N) is 1. The molecule has 40 heavy (non-hydrogen) atoms. The first kappa shape index (κ1) is 32.1. The van der Waals surface area contributed by atoms with Gasteiger partial charge in [0.25, 0.3) is 5.91 Å². The van der Waals surface area contributed by atoms with Crippen LogP contribution in [-0.4, -0.2) is 124 Å². The van der Waals surface area contributed by atoms with Crippen LogP contribution in [0.5, 0.6) is 0 Å². The number of hydrogen-bond donors (Lipinski definition) is 7. The van der Waals surface area contributed by atoms with Gasteiger partial charge in [0.05, 0.1) is 6.33 Å². The number of aromatic nitrogens is 4. The van der Waals surface area contributed by atoms with E-state index in [4.69, 9.17) is 10.5 Å². The first-order valence-electron chi connectivity index (χ1n) is 13.6. The van der Waals surface area contributed by atoms with E-state index in [0.717, 1.165) is 52.1 Å². The third-order valence-electron chi connectivity index (χ3n) is 6.95. The summed E-state index contributed by atoms with van der Waals surface area (Å²) in [6, 6.07) is 0. The second-order valence-electron chi connectivity index (χ2n) is 9.74. The molecule has 0 unspecified atom stereocenters. The third kappa shape index (κ3) is 8.30. The van der Waals surface area contributed by atoms with E-state index < -0.39 is 30.4 Å². The fourth-order valence-corrected chi connectivity index (χ4v) is 4.73. The Balaban J connectivity index is 0.00000441. The molecule has 0 aliphatic carbocycles. The van der Waals surface area contributed by atoms with E-state index >= 15 is 0 Å². The van der Waals surface area contributed by atoms with Crippen molar-refractivity contribution in [3.8, 4) is 0 Å². The summed E-state index contributed by atoms with van der Waals surface area (Å²) in [6.45, 7) is 6.83. The van der Waals surface area contributed by atoms with Crippen molar-refractivity contribution < 1.29 is 41.6 Å². The van der Waals surface area contributed by atoms with E-state index in [-0.39, 0.29) is 28.8 Å². The van der Waals surface area contributed by atoms with Crippen molar-refractivity contribution >= 4 is 28.8 Å². The number of nitrogen functional groups attached to an aromatic ring is 1. The Morgan fingerprint density at radius 3 is 2.35 bits per heavy atom. The number of imidazole rings is 1. The number of carbonyl (C=O) groups is 2. The fraction of sp³-hybridized carbons (Fsp3) is 0.708. The summed E-state index contributed by atoms with van der Waals surface area (Å²) in [7, 11) is 0. The van der Waals surface area contributed by atoms with Crippen LogP contribution in [0.15, 0.2) is 12.7 Å². The molecule has 0 saturated carbocycles. The van der Waals surface area contributed by atoms with Crippen molar-refractivity contribution in [3.05, 3.63) is 12.7 Å². The van der Waals surface area contributed by atoms with Crippen LogP contribution in [0.25, 0.3) is 11.2 Å². The predicted octanol–water partition coefficient (Wildman–Crippen LogP) is -2.69.